The van der Waals surface area contributed by atoms with E-state index in [9.17, 15) is 9.59 Å². The van der Waals surface area contributed by atoms with Gasteiger partial charge in [0.25, 0.3) is 5.91 Å². The second kappa shape index (κ2) is 40.5. The second-order valence-corrected chi connectivity index (χ2v) is 18.3. The molecule has 1 aliphatic carbocycles. The van der Waals surface area contributed by atoms with Crippen molar-refractivity contribution in [1.29, 1.82) is 0 Å². The van der Waals surface area contributed by atoms with Gasteiger partial charge in [0.15, 0.2) is 0 Å². The molecule has 20 heteroatoms. The minimum absolute atomic E-state index is 0.0744. The molecule has 19 nitrogen and oxygen atoms in total. The third-order valence-corrected chi connectivity index (χ3v) is 12.6. The number of carbonyl (C=O) groups excluding carboxylic acids is 2. The largest absolute Gasteiger partial charge is 0.377 e. The molecule has 1 aromatic carbocycles. The Balaban J connectivity index is 0.852. The average molecular weight is 1040 g/mol. The van der Waals surface area contributed by atoms with Crippen molar-refractivity contribution in [3.63, 3.8) is 0 Å². The number of nitrogens with zero attached hydrogens (tertiary/aromatic N) is 3. The molecular formula is C52H88ClN5O14. The predicted molar refractivity (Wildman–Crippen MR) is 273 cm³/mol. The van der Waals surface area contributed by atoms with Gasteiger partial charge in [0.05, 0.1) is 158 Å². The van der Waals surface area contributed by atoms with E-state index in [1.165, 1.54) is 17.0 Å². The molecule has 2 unspecified atom stereocenters. The van der Waals surface area contributed by atoms with Crippen molar-refractivity contribution < 1.29 is 66.4 Å². The van der Waals surface area contributed by atoms with Crippen LogP contribution in [0.1, 0.15) is 74.7 Å². The Hall–Kier alpha value is -2.86. The molecule has 2 aromatic rings. The molecule has 72 heavy (non-hydrogen) atoms. The fourth-order valence-electron chi connectivity index (χ4n) is 8.23. The molecule has 4 rings (SSSR count). The number of morpholine rings is 1. The minimum atomic E-state index is -0.532. The molecule has 2 fully saturated rings. The van der Waals surface area contributed by atoms with Crippen LogP contribution in [0.2, 0.25) is 5.02 Å². The first-order chi connectivity index (χ1) is 35.3. The van der Waals surface area contributed by atoms with Crippen molar-refractivity contribution in [2.75, 3.05) is 172 Å². The van der Waals surface area contributed by atoms with Gasteiger partial charge in [-0.15, -0.1) is 0 Å². The maximum Gasteiger partial charge on any atom is 0.250 e. The summed E-state index contributed by atoms with van der Waals surface area (Å²) in [6.07, 6.45) is 7.10. The summed E-state index contributed by atoms with van der Waals surface area (Å²) in [7, 11) is 2.01. The SMILES string of the molecule is CCCCC(=O)NCCOCCOCCOCCOCCOCCOCCOCCOCCOCCOCCOCCNC(=O)C1CN(C2CCC(c3cc(C)n(C)n3)CC2)C(Cc2ccc(Cl)cc2)CO1. The number of amides is 2. The number of nitrogens with one attached hydrogen (secondary N) is 2. The van der Waals surface area contributed by atoms with Crippen LogP contribution in [0, 0.1) is 6.92 Å². The number of aromatic nitrogens is 2. The zero-order chi connectivity index (χ0) is 51.1. The van der Waals surface area contributed by atoms with Gasteiger partial charge in [-0.05, 0) is 69.2 Å². The standard InChI is InChI=1S/C52H88ClN5O14/c1-4-5-6-51(59)54-15-17-61-19-21-63-23-25-65-27-29-67-31-33-69-35-37-71-38-36-70-34-32-68-30-28-66-26-24-64-22-20-62-18-16-55-52(60)50-41-58(48(42-72-50)40-44-7-11-46(53)12-8-44)47-13-9-45(10-14-47)49-39-43(2)57(3)56-49/h7-8,11-12,39,45,47-48,50H,4-6,9-10,13-38,40-42H2,1-3H3,(H,54,59)(H,55,60). The summed E-state index contributed by atoms with van der Waals surface area (Å²) in [5.74, 6) is 0.442. The number of carbonyl (C=O) groups is 2. The molecule has 2 aliphatic rings. The van der Waals surface area contributed by atoms with Crippen molar-refractivity contribution in [1.82, 2.24) is 25.3 Å². The summed E-state index contributed by atoms with van der Waals surface area (Å²) in [5, 5.41) is 11.3. The van der Waals surface area contributed by atoms with E-state index >= 15 is 0 Å². The van der Waals surface area contributed by atoms with E-state index in [0.29, 0.717) is 190 Å². The van der Waals surface area contributed by atoms with E-state index in [4.69, 9.17) is 73.5 Å². The first-order valence-corrected chi connectivity index (χ1v) is 26.7. The van der Waals surface area contributed by atoms with Crippen LogP contribution < -0.4 is 10.6 Å². The van der Waals surface area contributed by atoms with Gasteiger partial charge < -0.3 is 67.5 Å². The molecular weight excluding hydrogens is 954 g/mol. The third-order valence-electron chi connectivity index (χ3n) is 12.3. The zero-order valence-corrected chi connectivity index (χ0v) is 44.4. The predicted octanol–water partition coefficient (Wildman–Crippen LogP) is 4.33. The number of benzene rings is 1. The average Bonchev–Trinajstić information content (AvgIpc) is 3.73. The molecule has 2 atom stereocenters. The highest BCUT2D eigenvalue weighted by Crippen LogP contribution is 2.36. The van der Waals surface area contributed by atoms with Crippen molar-refractivity contribution in [2.24, 2.45) is 7.05 Å². The van der Waals surface area contributed by atoms with E-state index in [1.807, 2.05) is 23.9 Å². The molecule has 1 aromatic heterocycles. The van der Waals surface area contributed by atoms with Crippen LogP contribution in [0.15, 0.2) is 30.3 Å². The maximum atomic E-state index is 13.3. The molecule has 412 valence electrons. The normalized spacial score (nSPS) is 18.4. The van der Waals surface area contributed by atoms with Crippen LogP contribution in [0.25, 0.3) is 0 Å². The van der Waals surface area contributed by atoms with Gasteiger partial charge in [0, 0.05) is 61.8 Å². The molecule has 2 N–H and O–H groups in total. The van der Waals surface area contributed by atoms with Gasteiger partial charge in [-0.2, -0.15) is 5.10 Å². The highest BCUT2D eigenvalue weighted by molar-refractivity contribution is 6.30. The van der Waals surface area contributed by atoms with Crippen molar-refractivity contribution in [2.45, 2.75) is 89.3 Å². The third kappa shape index (κ3) is 28.2. The monoisotopic (exact) mass is 1040 g/mol. The fourth-order valence-corrected chi connectivity index (χ4v) is 8.36. The van der Waals surface area contributed by atoms with E-state index in [2.05, 4.69) is 47.6 Å². The van der Waals surface area contributed by atoms with Gasteiger partial charge in [-0.1, -0.05) is 37.1 Å². The number of unbranched alkanes of at least 4 members (excludes halogenated alkanes) is 1. The van der Waals surface area contributed by atoms with Crippen LogP contribution >= 0.6 is 11.6 Å². The van der Waals surface area contributed by atoms with Crippen molar-refractivity contribution in [3.05, 3.63) is 52.3 Å². The fraction of sp³-hybridized carbons (Fsp3) is 0.788. The Morgan fingerprint density at radius 2 is 1.07 bits per heavy atom. The number of rotatable bonds is 44. The highest BCUT2D eigenvalue weighted by atomic mass is 35.5. The van der Waals surface area contributed by atoms with E-state index in [-0.39, 0.29) is 17.9 Å². The minimum Gasteiger partial charge on any atom is -0.377 e. The number of hydrogen-bond donors (Lipinski definition) is 2. The van der Waals surface area contributed by atoms with Crippen LogP contribution in [-0.2, 0) is 79.9 Å². The Labute approximate surface area is 434 Å². The summed E-state index contributed by atoms with van der Waals surface area (Å²) in [6.45, 7) is 16.5. The van der Waals surface area contributed by atoms with E-state index in [1.54, 1.807) is 0 Å². The lowest BCUT2D eigenvalue weighted by Crippen LogP contribution is -2.58. The van der Waals surface area contributed by atoms with Gasteiger partial charge in [0.1, 0.15) is 6.10 Å². The van der Waals surface area contributed by atoms with Crippen LogP contribution in [-0.4, -0.2) is 216 Å². The Kier molecular flexibility index (Phi) is 34.7. The first-order valence-electron chi connectivity index (χ1n) is 26.4. The summed E-state index contributed by atoms with van der Waals surface area (Å²) >= 11 is 6.17. The number of halogens is 1. The van der Waals surface area contributed by atoms with E-state index in [0.717, 1.165) is 50.0 Å². The number of ether oxygens (including phenoxy) is 12. The van der Waals surface area contributed by atoms with Crippen molar-refractivity contribution >= 4 is 23.4 Å². The Bertz CT molecular complexity index is 1640. The lowest BCUT2D eigenvalue weighted by atomic mass is 9.82. The zero-order valence-electron chi connectivity index (χ0n) is 43.7. The number of hydrogen-bond acceptors (Lipinski definition) is 16. The number of aryl methyl sites for hydroxylation is 2. The summed E-state index contributed by atoms with van der Waals surface area (Å²) < 4.78 is 69.1. The first kappa shape index (κ1) is 61.7. The molecule has 1 aliphatic heterocycles. The second-order valence-electron chi connectivity index (χ2n) is 17.8. The van der Waals surface area contributed by atoms with Gasteiger partial charge >= 0.3 is 0 Å². The van der Waals surface area contributed by atoms with Crippen LogP contribution in [0.3, 0.4) is 0 Å². The smallest absolute Gasteiger partial charge is 0.250 e. The summed E-state index contributed by atoms with van der Waals surface area (Å²) in [4.78, 5) is 27.3. The van der Waals surface area contributed by atoms with Gasteiger partial charge in [0.2, 0.25) is 5.91 Å². The maximum absolute atomic E-state index is 13.3. The quantitative estimate of drug-likeness (QED) is 0.0892. The summed E-state index contributed by atoms with van der Waals surface area (Å²) in [5.41, 5.74) is 3.59. The topological polar surface area (TPSA) is 190 Å². The Morgan fingerprint density at radius 1 is 0.639 bits per heavy atom. The van der Waals surface area contributed by atoms with Crippen LogP contribution in [0.4, 0.5) is 0 Å². The van der Waals surface area contributed by atoms with Gasteiger partial charge in [-0.25, -0.2) is 0 Å². The summed E-state index contributed by atoms with van der Waals surface area (Å²) in [6, 6.07) is 10.8. The van der Waals surface area contributed by atoms with Gasteiger partial charge in [-0.3, -0.25) is 19.2 Å². The van der Waals surface area contributed by atoms with Crippen LogP contribution in [0.5, 0.6) is 0 Å². The molecule has 2 amide bonds. The molecule has 2 heterocycles. The van der Waals surface area contributed by atoms with Crippen molar-refractivity contribution in [3.8, 4) is 0 Å². The highest BCUT2D eigenvalue weighted by Gasteiger charge is 2.38. The molecule has 1 saturated carbocycles. The molecule has 0 spiro atoms. The Morgan fingerprint density at radius 3 is 1.49 bits per heavy atom. The molecule has 1 saturated heterocycles. The molecule has 0 radical (unpaired) electrons. The van der Waals surface area contributed by atoms with E-state index < -0.39 is 6.10 Å². The lowest BCUT2D eigenvalue weighted by molar-refractivity contribution is -0.145. The lowest BCUT2D eigenvalue weighted by Gasteiger charge is -2.45. The molecule has 0 bridgehead atoms.